The molecule has 0 saturated carbocycles. The first-order chi connectivity index (χ1) is 16.7. The lowest BCUT2D eigenvalue weighted by Gasteiger charge is -2.12. The van der Waals surface area contributed by atoms with Gasteiger partial charge in [-0.15, -0.1) is 6.58 Å². The zero-order chi connectivity index (χ0) is 24.7. The van der Waals surface area contributed by atoms with Gasteiger partial charge in [0.15, 0.2) is 5.78 Å². The van der Waals surface area contributed by atoms with E-state index in [4.69, 9.17) is 0 Å². The van der Waals surface area contributed by atoms with Crippen molar-refractivity contribution in [3.8, 4) is 0 Å². The van der Waals surface area contributed by atoms with E-state index in [1.165, 1.54) is 128 Å². The van der Waals surface area contributed by atoms with Crippen LogP contribution in [0.3, 0.4) is 0 Å². The van der Waals surface area contributed by atoms with Crippen molar-refractivity contribution >= 4 is 11.6 Å². The molecule has 1 rings (SSSR count). The summed E-state index contributed by atoms with van der Waals surface area (Å²) in [6.45, 7) is 6.29. The Morgan fingerprint density at radius 1 is 0.824 bits per heavy atom. The monoisotopic (exact) mass is 476 g/mol. The van der Waals surface area contributed by atoms with Crippen LogP contribution in [-0.2, 0) is 4.79 Å². The second-order valence-corrected chi connectivity index (χ2v) is 10.4. The molecule has 198 valence electrons. The van der Waals surface area contributed by atoms with Crippen LogP contribution < -0.4 is 5.32 Å². The van der Waals surface area contributed by atoms with E-state index < -0.39 is 6.10 Å². The number of amidine groups is 1. The Bertz CT molecular complexity index is 532. The average molecular weight is 477 g/mol. The Balaban J connectivity index is 1.75. The number of aliphatic hydroxyl groups excluding tert-OH is 1. The fourth-order valence-corrected chi connectivity index (χ4v) is 4.84. The van der Waals surface area contributed by atoms with Crippen molar-refractivity contribution in [1.82, 2.24) is 5.32 Å². The second-order valence-electron chi connectivity index (χ2n) is 10.4. The molecule has 1 aliphatic rings. The third-order valence-electron chi connectivity index (χ3n) is 7.19. The fraction of sp³-hybridized carbons (Fsp3) is 0.867. The average Bonchev–Trinajstić information content (AvgIpc) is 3.35. The quantitative estimate of drug-likeness (QED) is 0.103. The van der Waals surface area contributed by atoms with Crippen LogP contribution in [0.1, 0.15) is 148 Å². The van der Waals surface area contributed by atoms with Crippen LogP contribution in [0.4, 0.5) is 0 Å². The van der Waals surface area contributed by atoms with E-state index in [0.29, 0.717) is 18.8 Å². The van der Waals surface area contributed by atoms with Crippen molar-refractivity contribution in [2.75, 3.05) is 6.54 Å². The Kier molecular flexibility index (Phi) is 20.3. The van der Waals surface area contributed by atoms with Crippen LogP contribution >= 0.6 is 0 Å². The largest absolute Gasteiger partial charge is 0.381 e. The Hall–Kier alpha value is -1.16. The summed E-state index contributed by atoms with van der Waals surface area (Å²) in [5.74, 6) is 0.694. The van der Waals surface area contributed by atoms with E-state index in [1.807, 2.05) is 0 Å². The summed E-state index contributed by atoms with van der Waals surface area (Å²) in [7, 11) is 0. The van der Waals surface area contributed by atoms with Crippen molar-refractivity contribution in [1.29, 1.82) is 0 Å². The lowest BCUT2D eigenvalue weighted by Crippen LogP contribution is -2.41. The molecule has 0 aromatic heterocycles. The zero-order valence-electron chi connectivity index (χ0n) is 22.5. The first kappa shape index (κ1) is 30.9. The molecule has 4 nitrogen and oxygen atoms in total. The van der Waals surface area contributed by atoms with Crippen LogP contribution in [0, 0.1) is 0 Å². The highest BCUT2D eigenvalue weighted by Crippen LogP contribution is 2.15. The molecule has 0 aromatic rings. The molecule has 1 aliphatic heterocycles. The molecule has 2 atom stereocenters. The number of unbranched alkanes of at least 4 members (excludes halogenated alkanes) is 20. The molecule has 0 fully saturated rings. The molecule has 0 amide bonds. The number of ketones is 1. The molecule has 0 bridgehead atoms. The molecule has 0 aliphatic carbocycles. The summed E-state index contributed by atoms with van der Waals surface area (Å²) in [5.41, 5.74) is 0. The van der Waals surface area contributed by atoms with Gasteiger partial charge in [-0.1, -0.05) is 141 Å². The van der Waals surface area contributed by atoms with Crippen LogP contribution in [0.15, 0.2) is 17.6 Å². The van der Waals surface area contributed by atoms with Crippen LogP contribution in [0.5, 0.6) is 0 Å². The maximum absolute atomic E-state index is 12.3. The predicted octanol–water partition coefficient (Wildman–Crippen LogP) is 8.07. The lowest BCUT2D eigenvalue weighted by atomic mass is 10.0. The Labute approximate surface area is 211 Å². The highest BCUT2D eigenvalue weighted by atomic mass is 16.3. The Morgan fingerprint density at radius 2 is 1.21 bits per heavy atom. The minimum absolute atomic E-state index is 0.216. The van der Waals surface area contributed by atoms with Gasteiger partial charge in [0.1, 0.15) is 18.0 Å². The number of rotatable bonds is 25. The first-order valence-corrected chi connectivity index (χ1v) is 14.8. The maximum atomic E-state index is 12.3. The molecule has 2 unspecified atom stereocenters. The molecule has 0 spiro atoms. The summed E-state index contributed by atoms with van der Waals surface area (Å²) in [6.07, 6.45) is 30.1. The number of nitrogens with zero attached hydrogens (tertiary/aromatic N) is 1. The van der Waals surface area contributed by atoms with Crippen molar-refractivity contribution < 1.29 is 9.90 Å². The molecule has 2 N–H and O–H groups in total. The highest BCUT2D eigenvalue weighted by molar-refractivity contribution is 5.96. The first-order valence-electron chi connectivity index (χ1n) is 14.8. The van der Waals surface area contributed by atoms with E-state index >= 15 is 0 Å². The standard InChI is InChI=1S/C30H56N2O2/c1-3-5-6-7-8-9-10-11-12-13-14-15-16-17-18-19-20-21-22-23-24-25-29(34)27-26-31-30(32-27)28(33)4-2/h4,27-28,33H,2-3,5-26H2,1H3,(H,31,32). The SMILES string of the molecule is C=CC(O)C1=NCC(C(=O)CCCCCCCCCCCCCCCCCCCCCCC)N1. The molecule has 0 aromatic carbocycles. The van der Waals surface area contributed by atoms with Gasteiger partial charge in [0.2, 0.25) is 0 Å². The normalized spacial score (nSPS) is 16.3. The summed E-state index contributed by atoms with van der Waals surface area (Å²) >= 11 is 0. The third kappa shape index (κ3) is 16.5. The smallest absolute Gasteiger partial charge is 0.156 e. The van der Waals surface area contributed by atoms with E-state index in [9.17, 15) is 9.90 Å². The molecule has 0 radical (unpaired) electrons. The van der Waals surface area contributed by atoms with E-state index in [0.717, 1.165) is 12.8 Å². The van der Waals surface area contributed by atoms with Gasteiger partial charge < -0.3 is 10.4 Å². The van der Waals surface area contributed by atoms with Gasteiger partial charge in [-0.25, -0.2) is 0 Å². The van der Waals surface area contributed by atoms with E-state index in [-0.39, 0.29) is 11.8 Å². The number of aliphatic imine (C=N–C) groups is 1. The van der Waals surface area contributed by atoms with Gasteiger partial charge in [-0.05, 0) is 6.42 Å². The molecular formula is C30H56N2O2. The number of carbonyl (C=O) groups excluding carboxylic acids is 1. The highest BCUT2D eigenvalue weighted by Gasteiger charge is 2.26. The number of hydrogen-bond acceptors (Lipinski definition) is 4. The van der Waals surface area contributed by atoms with E-state index in [1.54, 1.807) is 0 Å². The van der Waals surface area contributed by atoms with Crippen molar-refractivity contribution in [2.45, 2.75) is 160 Å². The van der Waals surface area contributed by atoms with Crippen LogP contribution in [-0.4, -0.2) is 35.4 Å². The van der Waals surface area contributed by atoms with Gasteiger partial charge in [-0.2, -0.15) is 0 Å². The predicted molar refractivity (Wildman–Crippen MR) is 148 cm³/mol. The van der Waals surface area contributed by atoms with Crippen molar-refractivity contribution in [3.05, 3.63) is 12.7 Å². The summed E-state index contributed by atoms with van der Waals surface area (Å²) in [5, 5.41) is 12.7. The number of Topliss-reactive ketones (excluding diaryl/α,β-unsaturated/α-hetero) is 1. The topological polar surface area (TPSA) is 61.7 Å². The maximum Gasteiger partial charge on any atom is 0.156 e. The lowest BCUT2D eigenvalue weighted by molar-refractivity contribution is -0.120. The van der Waals surface area contributed by atoms with Crippen LogP contribution in [0.2, 0.25) is 0 Å². The third-order valence-corrected chi connectivity index (χ3v) is 7.19. The van der Waals surface area contributed by atoms with Gasteiger partial charge in [0.25, 0.3) is 0 Å². The Morgan fingerprint density at radius 3 is 1.59 bits per heavy atom. The molecule has 1 heterocycles. The number of carbonyl (C=O) groups is 1. The number of aliphatic hydroxyl groups is 1. The summed E-state index contributed by atoms with van der Waals surface area (Å²) < 4.78 is 0. The van der Waals surface area contributed by atoms with Crippen molar-refractivity contribution in [3.63, 3.8) is 0 Å². The molecule has 34 heavy (non-hydrogen) atoms. The van der Waals surface area contributed by atoms with Gasteiger partial charge >= 0.3 is 0 Å². The fourth-order valence-electron chi connectivity index (χ4n) is 4.84. The zero-order valence-corrected chi connectivity index (χ0v) is 22.5. The second kappa shape index (κ2) is 22.3. The molecule has 0 saturated heterocycles. The minimum Gasteiger partial charge on any atom is -0.381 e. The van der Waals surface area contributed by atoms with Crippen LogP contribution in [0.25, 0.3) is 0 Å². The minimum atomic E-state index is -0.790. The number of nitrogens with one attached hydrogen (secondary N) is 1. The molecule has 4 heteroatoms. The van der Waals surface area contributed by atoms with Crippen molar-refractivity contribution in [2.24, 2.45) is 4.99 Å². The van der Waals surface area contributed by atoms with Gasteiger partial charge in [-0.3, -0.25) is 9.79 Å². The number of hydrogen-bond donors (Lipinski definition) is 2. The summed E-state index contributed by atoms with van der Waals surface area (Å²) in [6, 6.07) is -0.255. The molecular weight excluding hydrogens is 420 g/mol. The van der Waals surface area contributed by atoms with Gasteiger partial charge in [0, 0.05) is 6.42 Å². The summed E-state index contributed by atoms with van der Waals surface area (Å²) in [4.78, 5) is 16.5. The van der Waals surface area contributed by atoms with Gasteiger partial charge in [0.05, 0.1) is 6.54 Å². The van der Waals surface area contributed by atoms with E-state index in [2.05, 4.69) is 23.8 Å².